The summed E-state index contributed by atoms with van der Waals surface area (Å²) in [5, 5.41) is 14.4. The van der Waals surface area contributed by atoms with Crippen LogP contribution in [0.3, 0.4) is 0 Å². The second-order valence-corrected chi connectivity index (χ2v) is 9.11. The Kier molecular flexibility index (Phi) is 8.72. The van der Waals surface area contributed by atoms with Gasteiger partial charge in [0.1, 0.15) is 5.82 Å². The van der Waals surface area contributed by atoms with Gasteiger partial charge in [-0.2, -0.15) is 0 Å². The highest BCUT2D eigenvalue weighted by Gasteiger charge is 2.18. The summed E-state index contributed by atoms with van der Waals surface area (Å²) in [7, 11) is 1.26. The molecule has 9 nitrogen and oxygen atoms in total. The van der Waals surface area contributed by atoms with Crippen LogP contribution in [-0.4, -0.2) is 45.4 Å². The van der Waals surface area contributed by atoms with Gasteiger partial charge in [-0.1, -0.05) is 53.7 Å². The Morgan fingerprint density at radius 1 is 1.03 bits per heavy atom. The molecule has 3 aromatic carbocycles. The van der Waals surface area contributed by atoms with Gasteiger partial charge in [0.25, 0.3) is 5.91 Å². The molecule has 0 saturated carbocycles. The molecule has 1 heterocycles. The minimum absolute atomic E-state index is 0.0300. The lowest BCUT2D eigenvalue weighted by molar-refractivity contribution is -0.113. The minimum Gasteiger partial charge on any atom is -0.465 e. The van der Waals surface area contributed by atoms with E-state index in [9.17, 15) is 18.8 Å². The first kappa shape index (κ1) is 26.8. The molecule has 4 aromatic rings. The number of carbonyl (C=O) groups is 3. The molecule has 0 saturated heterocycles. The van der Waals surface area contributed by atoms with Gasteiger partial charge in [0.2, 0.25) is 5.91 Å². The van der Waals surface area contributed by atoms with Crippen LogP contribution in [0.4, 0.5) is 10.1 Å². The molecule has 0 unspecified atom stereocenters. The molecule has 0 spiro atoms. The molecule has 0 radical (unpaired) electrons. The van der Waals surface area contributed by atoms with E-state index in [-0.39, 0.29) is 34.1 Å². The Labute approximate surface area is 226 Å². The van der Waals surface area contributed by atoms with Crippen molar-refractivity contribution >= 4 is 46.8 Å². The lowest BCUT2D eigenvalue weighted by atomic mass is 10.2. The van der Waals surface area contributed by atoms with Crippen LogP contribution in [0.25, 0.3) is 5.69 Å². The van der Waals surface area contributed by atoms with Gasteiger partial charge in [0, 0.05) is 5.69 Å². The monoisotopic (exact) mass is 553 g/mol. The van der Waals surface area contributed by atoms with Crippen LogP contribution in [0, 0.1) is 5.82 Å². The van der Waals surface area contributed by atoms with Crippen LogP contribution in [0.2, 0.25) is 5.02 Å². The number of nitrogens with one attached hydrogen (secondary N) is 2. The highest BCUT2D eigenvalue weighted by molar-refractivity contribution is 7.99. The third kappa shape index (κ3) is 6.36. The lowest BCUT2D eigenvalue weighted by Gasteiger charge is -2.12. The van der Waals surface area contributed by atoms with E-state index in [0.717, 1.165) is 11.8 Å². The normalized spacial score (nSPS) is 10.6. The van der Waals surface area contributed by atoms with Crippen molar-refractivity contribution in [2.75, 3.05) is 18.2 Å². The van der Waals surface area contributed by atoms with Crippen molar-refractivity contribution in [3.63, 3.8) is 0 Å². The third-order valence-corrected chi connectivity index (χ3v) is 6.49. The second-order valence-electron chi connectivity index (χ2n) is 7.76. The van der Waals surface area contributed by atoms with E-state index >= 15 is 0 Å². The molecule has 2 N–H and O–H groups in total. The zero-order valence-corrected chi connectivity index (χ0v) is 21.6. The maximum absolute atomic E-state index is 14.0. The maximum Gasteiger partial charge on any atom is 0.337 e. The fourth-order valence-corrected chi connectivity index (χ4v) is 4.36. The first-order chi connectivity index (χ1) is 18.4. The smallest absolute Gasteiger partial charge is 0.337 e. The molecule has 0 aliphatic heterocycles. The molecule has 0 aliphatic rings. The number of ether oxygens (including phenoxy) is 1. The number of amides is 2. The maximum atomic E-state index is 14.0. The zero-order valence-electron chi connectivity index (χ0n) is 20.0. The first-order valence-electron chi connectivity index (χ1n) is 11.2. The van der Waals surface area contributed by atoms with Gasteiger partial charge in [0.15, 0.2) is 11.0 Å². The van der Waals surface area contributed by atoms with Gasteiger partial charge >= 0.3 is 5.97 Å². The molecule has 1 aromatic heterocycles. The first-order valence-corrected chi connectivity index (χ1v) is 12.6. The molecular weight excluding hydrogens is 533 g/mol. The topological polar surface area (TPSA) is 115 Å². The SMILES string of the molecule is COC(=O)c1ccc(Cl)c(NC(=O)CSc2nnc(CNC(=O)c3ccccc3F)n2-c2ccccc2)c1. The van der Waals surface area contributed by atoms with Crippen LogP contribution in [-0.2, 0) is 16.1 Å². The summed E-state index contributed by atoms with van der Waals surface area (Å²) in [5.41, 5.74) is 1.14. The number of halogens is 2. The average Bonchev–Trinajstić information content (AvgIpc) is 3.34. The van der Waals surface area contributed by atoms with Crippen molar-refractivity contribution in [2.45, 2.75) is 11.7 Å². The lowest BCUT2D eigenvalue weighted by Crippen LogP contribution is -2.25. The van der Waals surface area contributed by atoms with E-state index in [1.165, 1.54) is 43.5 Å². The number of anilines is 1. The van der Waals surface area contributed by atoms with Crippen LogP contribution >= 0.6 is 23.4 Å². The molecule has 0 aliphatic carbocycles. The number of carbonyl (C=O) groups excluding carboxylic acids is 3. The van der Waals surface area contributed by atoms with E-state index in [1.807, 2.05) is 30.3 Å². The van der Waals surface area contributed by atoms with Crippen molar-refractivity contribution in [1.82, 2.24) is 20.1 Å². The molecule has 12 heteroatoms. The van der Waals surface area contributed by atoms with Gasteiger partial charge in [-0.3, -0.25) is 14.2 Å². The van der Waals surface area contributed by atoms with Gasteiger partial charge < -0.3 is 15.4 Å². The van der Waals surface area contributed by atoms with Crippen molar-refractivity contribution < 1.29 is 23.5 Å². The number of hydrogen-bond donors (Lipinski definition) is 2. The minimum atomic E-state index is -0.631. The van der Waals surface area contributed by atoms with Gasteiger partial charge in [-0.15, -0.1) is 10.2 Å². The molecule has 0 bridgehead atoms. The van der Waals surface area contributed by atoms with Gasteiger partial charge in [-0.05, 0) is 42.5 Å². The Morgan fingerprint density at radius 2 is 1.76 bits per heavy atom. The number of hydrogen-bond acceptors (Lipinski definition) is 7. The van der Waals surface area contributed by atoms with Crippen molar-refractivity contribution in [3.8, 4) is 5.69 Å². The Morgan fingerprint density at radius 3 is 2.50 bits per heavy atom. The third-order valence-electron chi connectivity index (χ3n) is 5.23. The van der Waals surface area contributed by atoms with E-state index in [4.69, 9.17) is 16.3 Å². The molecule has 0 fully saturated rings. The fourth-order valence-electron chi connectivity index (χ4n) is 3.43. The molecule has 0 atom stereocenters. The van der Waals surface area contributed by atoms with E-state index < -0.39 is 23.6 Å². The number of esters is 1. The Hall–Kier alpha value is -4.22. The Bertz CT molecular complexity index is 1480. The number of para-hydroxylation sites is 1. The molecule has 194 valence electrons. The largest absolute Gasteiger partial charge is 0.465 e. The summed E-state index contributed by atoms with van der Waals surface area (Å²) in [6.07, 6.45) is 0. The number of methoxy groups -OCH3 is 1. The van der Waals surface area contributed by atoms with Crippen LogP contribution in [0.1, 0.15) is 26.5 Å². The summed E-state index contributed by atoms with van der Waals surface area (Å²) in [6.45, 7) is -0.0300. The number of benzene rings is 3. The molecule has 2 amide bonds. The standard InChI is InChI=1S/C26H21ClFN5O4S/c1-37-25(36)16-11-12-19(27)21(13-16)30-23(34)15-38-26-32-31-22(33(26)17-7-3-2-4-8-17)14-29-24(35)18-9-5-6-10-20(18)28/h2-13H,14-15H2,1H3,(H,29,35)(H,30,34). The summed E-state index contributed by atoms with van der Waals surface area (Å²) in [5.74, 6) is -1.84. The number of aromatic nitrogens is 3. The van der Waals surface area contributed by atoms with Crippen molar-refractivity contribution in [3.05, 3.63) is 101 Å². The molecular formula is C26H21ClFN5O4S. The van der Waals surface area contributed by atoms with Crippen molar-refractivity contribution in [1.29, 1.82) is 0 Å². The predicted molar refractivity (Wildman–Crippen MR) is 141 cm³/mol. The van der Waals surface area contributed by atoms with E-state index in [0.29, 0.717) is 16.7 Å². The summed E-state index contributed by atoms with van der Waals surface area (Å²) < 4.78 is 20.4. The van der Waals surface area contributed by atoms with E-state index in [1.54, 1.807) is 10.6 Å². The van der Waals surface area contributed by atoms with Crippen LogP contribution < -0.4 is 10.6 Å². The fraction of sp³-hybridized carbons (Fsp3) is 0.115. The summed E-state index contributed by atoms with van der Waals surface area (Å²) in [4.78, 5) is 37.0. The van der Waals surface area contributed by atoms with Gasteiger partial charge in [-0.25, -0.2) is 9.18 Å². The predicted octanol–water partition coefficient (Wildman–Crippen LogP) is 4.51. The van der Waals surface area contributed by atoms with E-state index in [2.05, 4.69) is 20.8 Å². The van der Waals surface area contributed by atoms with Crippen molar-refractivity contribution in [2.24, 2.45) is 0 Å². The second kappa shape index (κ2) is 12.3. The quantitative estimate of drug-likeness (QED) is 0.231. The van der Waals surface area contributed by atoms with Gasteiger partial charge in [0.05, 0.1) is 41.2 Å². The zero-order chi connectivity index (χ0) is 27.1. The van der Waals surface area contributed by atoms with Crippen LogP contribution in [0.5, 0.6) is 0 Å². The molecule has 4 rings (SSSR count). The Balaban J connectivity index is 1.49. The number of nitrogens with zero attached hydrogens (tertiary/aromatic N) is 3. The average molecular weight is 554 g/mol. The highest BCUT2D eigenvalue weighted by atomic mass is 35.5. The molecule has 38 heavy (non-hydrogen) atoms. The number of thioether (sulfide) groups is 1. The summed E-state index contributed by atoms with van der Waals surface area (Å²) >= 11 is 7.28. The number of rotatable bonds is 9. The van der Waals surface area contributed by atoms with Crippen LogP contribution in [0.15, 0.2) is 78.0 Å². The highest BCUT2D eigenvalue weighted by Crippen LogP contribution is 2.26. The summed E-state index contributed by atoms with van der Waals surface area (Å²) in [6, 6.07) is 19.2.